The number of carboxylic acid groups (broad SMARTS) is 1. The van der Waals surface area contributed by atoms with Gasteiger partial charge in [0.05, 0.1) is 12.4 Å². The number of rotatable bonds is 1. The molecule has 3 rings (SSSR count). The molecule has 2 heterocycles. The first-order chi connectivity index (χ1) is 9.74. The fourth-order valence-electron chi connectivity index (χ4n) is 1.79. The maximum atomic E-state index is 11.3. The van der Waals surface area contributed by atoms with E-state index >= 15 is 0 Å². The summed E-state index contributed by atoms with van der Waals surface area (Å²) < 4.78 is 0. The minimum Gasteiger partial charge on any atom is -0.483 e. The zero-order valence-corrected chi connectivity index (χ0v) is 10.4. The van der Waals surface area contributed by atoms with E-state index in [9.17, 15) is 4.79 Å². The molecule has 6 heteroatoms. The molecule has 0 spiro atoms. The van der Waals surface area contributed by atoms with Crippen LogP contribution >= 0.6 is 0 Å². The van der Waals surface area contributed by atoms with Crippen LogP contribution in [0.2, 0.25) is 0 Å². The number of nitrogens with zero attached hydrogens (tertiary/aromatic N) is 2. The monoisotopic (exact) mass is 269 g/mol. The van der Waals surface area contributed by atoms with E-state index in [0.29, 0.717) is 0 Å². The molecule has 20 heavy (non-hydrogen) atoms. The van der Waals surface area contributed by atoms with Gasteiger partial charge in [-0.2, -0.15) is 10.2 Å². The number of fused-ring (bicyclic) bond motifs is 1. The predicted octanol–water partition coefficient (Wildman–Crippen LogP) is 1.69. The van der Waals surface area contributed by atoms with E-state index in [1.807, 2.05) is 30.3 Å². The van der Waals surface area contributed by atoms with Crippen molar-refractivity contribution in [3.63, 3.8) is 0 Å². The van der Waals surface area contributed by atoms with Crippen LogP contribution < -0.4 is 5.56 Å². The molecule has 0 bridgehead atoms. The molecule has 2 N–H and O–H groups in total. The van der Waals surface area contributed by atoms with E-state index in [4.69, 9.17) is 9.90 Å². The lowest BCUT2D eigenvalue weighted by atomic mass is 10.1. The highest BCUT2D eigenvalue weighted by molar-refractivity contribution is 5.83. The molecule has 0 aliphatic carbocycles. The van der Waals surface area contributed by atoms with E-state index in [2.05, 4.69) is 15.2 Å². The van der Waals surface area contributed by atoms with Crippen LogP contribution in [-0.4, -0.2) is 26.8 Å². The summed E-state index contributed by atoms with van der Waals surface area (Å²) in [6.07, 6.45) is 3.34. The van der Waals surface area contributed by atoms with E-state index in [-0.39, 0.29) is 12.0 Å². The van der Waals surface area contributed by atoms with Crippen LogP contribution in [-0.2, 0) is 4.79 Å². The van der Waals surface area contributed by atoms with Crippen LogP contribution in [0.5, 0.6) is 0 Å². The maximum absolute atomic E-state index is 11.3. The van der Waals surface area contributed by atoms with Crippen molar-refractivity contribution in [1.82, 2.24) is 15.2 Å². The Morgan fingerprint density at radius 3 is 2.50 bits per heavy atom. The standard InChI is InChI=1S/C13H9N3O.CH2O2/c17-13-4-3-9-1-2-10(7-12(9)16-13)11-5-6-14-15-8-11;2-1-3/h1-8H,(H,16,17);1H,(H,2,3). The van der Waals surface area contributed by atoms with Crippen molar-refractivity contribution in [1.29, 1.82) is 0 Å². The van der Waals surface area contributed by atoms with Crippen LogP contribution in [0.15, 0.2) is 53.6 Å². The third-order valence-electron chi connectivity index (χ3n) is 2.64. The van der Waals surface area contributed by atoms with E-state index in [0.717, 1.165) is 22.0 Å². The minimum absolute atomic E-state index is 0.0949. The molecule has 6 nitrogen and oxygen atoms in total. The molecule has 0 saturated heterocycles. The van der Waals surface area contributed by atoms with Gasteiger partial charge >= 0.3 is 0 Å². The van der Waals surface area contributed by atoms with Gasteiger partial charge in [-0.05, 0) is 29.1 Å². The largest absolute Gasteiger partial charge is 0.483 e. The second-order valence-electron chi connectivity index (χ2n) is 3.86. The Morgan fingerprint density at radius 1 is 1.05 bits per heavy atom. The molecule has 0 aliphatic heterocycles. The van der Waals surface area contributed by atoms with E-state index < -0.39 is 0 Å². The minimum atomic E-state index is -0.250. The molecule has 1 aromatic carbocycles. The topological polar surface area (TPSA) is 95.9 Å². The highest BCUT2D eigenvalue weighted by Crippen LogP contribution is 2.21. The van der Waals surface area contributed by atoms with Crippen LogP contribution in [0.3, 0.4) is 0 Å². The molecule has 2 aromatic heterocycles. The first kappa shape index (κ1) is 13.4. The molecule has 0 unspecified atom stereocenters. The van der Waals surface area contributed by atoms with Gasteiger partial charge in [0.1, 0.15) is 0 Å². The predicted molar refractivity (Wildman–Crippen MR) is 74.3 cm³/mol. The molecule has 3 aromatic rings. The summed E-state index contributed by atoms with van der Waals surface area (Å²) in [5, 5.41) is 15.5. The second kappa shape index (κ2) is 6.24. The first-order valence-corrected chi connectivity index (χ1v) is 5.72. The number of H-pyrrole nitrogens is 1. The summed E-state index contributed by atoms with van der Waals surface area (Å²) in [5.41, 5.74) is 2.72. The smallest absolute Gasteiger partial charge is 0.290 e. The van der Waals surface area contributed by atoms with Gasteiger partial charge in [0.15, 0.2) is 0 Å². The number of carbonyl (C=O) groups is 1. The molecule has 0 atom stereocenters. The fourth-order valence-corrected chi connectivity index (χ4v) is 1.79. The summed E-state index contributed by atoms with van der Waals surface area (Å²) in [6.45, 7) is -0.250. The van der Waals surface area contributed by atoms with Crippen molar-refractivity contribution < 1.29 is 9.90 Å². The number of benzene rings is 1. The molecule has 100 valence electrons. The molecule has 0 aliphatic rings. The van der Waals surface area contributed by atoms with Crippen molar-refractivity contribution in [3.05, 3.63) is 59.1 Å². The van der Waals surface area contributed by atoms with Crippen molar-refractivity contribution in [3.8, 4) is 11.1 Å². The average Bonchev–Trinajstić information content (AvgIpc) is 2.48. The van der Waals surface area contributed by atoms with Crippen molar-refractivity contribution >= 4 is 17.4 Å². The zero-order valence-electron chi connectivity index (χ0n) is 10.4. The number of nitrogens with one attached hydrogen (secondary N) is 1. The molecule has 0 saturated carbocycles. The van der Waals surface area contributed by atoms with Crippen LogP contribution in [0.25, 0.3) is 22.0 Å². The molecule has 0 radical (unpaired) electrons. The quantitative estimate of drug-likeness (QED) is 0.655. The summed E-state index contributed by atoms with van der Waals surface area (Å²) in [5.74, 6) is 0. The number of hydrogen-bond donors (Lipinski definition) is 2. The lowest BCUT2D eigenvalue weighted by Crippen LogP contribution is -2.02. The van der Waals surface area contributed by atoms with E-state index in [1.54, 1.807) is 12.4 Å². The zero-order chi connectivity index (χ0) is 14.4. The third-order valence-corrected chi connectivity index (χ3v) is 2.64. The Hall–Kier alpha value is -3.02. The fraction of sp³-hybridized carbons (Fsp3) is 0. The van der Waals surface area contributed by atoms with Gasteiger partial charge in [0.25, 0.3) is 6.47 Å². The summed E-state index contributed by atoms with van der Waals surface area (Å²) in [6, 6.07) is 11.1. The van der Waals surface area contributed by atoms with Crippen LogP contribution in [0.1, 0.15) is 0 Å². The SMILES string of the molecule is O=CO.O=c1ccc2ccc(-c3ccnnc3)cc2[nH]1. The van der Waals surface area contributed by atoms with Crippen LogP contribution in [0.4, 0.5) is 0 Å². The molecular weight excluding hydrogens is 258 g/mol. The Balaban J connectivity index is 0.000000452. The third kappa shape index (κ3) is 3.05. The first-order valence-electron chi connectivity index (χ1n) is 5.72. The summed E-state index contributed by atoms with van der Waals surface area (Å²) >= 11 is 0. The number of aromatic amines is 1. The van der Waals surface area contributed by atoms with Gasteiger partial charge in [0.2, 0.25) is 5.56 Å². The Labute approximate surface area is 113 Å². The Bertz CT molecular complexity index is 769. The average molecular weight is 269 g/mol. The summed E-state index contributed by atoms with van der Waals surface area (Å²) in [7, 11) is 0. The highest BCUT2D eigenvalue weighted by Gasteiger charge is 2.00. The molecule has 0 fully saturated rings. The highest BCUT2D eigenvalue weighted by atomic mass is 16.3. The lowest BCUT2D eigenvalue weighted by Gasteiger charge is -2.02. The van der Waals surface area contributed by atoms with Crippen molar-refractivity contribution in [2.24, 2.45) is 0 Å². The van der Waals surface area contributed by atoms with Gasteiger partial charge in [0, 0.05) is 17.1 Å². The molecule has 0 amide bonds. The van der Waals surface area contributed by atoms with Gasteiger partial charge < -0.3 is 10.1 Å². The van der Waals surface area contributed by atoms with Gasteiger partial charge in [-0.1, -0.05) is 12.1 Å². The van der Waals surface area contributed by atoms with E-state index in [1.165, 1.54) is 6.07 Å². The maximum Gasteiger partial charge on any atom is 0.290 e. The summed E-state index contributed by atoms with van der Waals surface area (Å²) in [4.78, 5) is 22.4. The lowest BCUT2D eigenvalue weighted by molar-refractivity contribution is -0.122. The number of pyridine rings is 1. The number of aromatic nitrogens is 3. The second-order valence-corrected chi connectivity index (χ2v) is 3.86. The van der Waals surface area contributed by atoms with Crippen molar-refractivity contribution in [2.45, 2.75) is 0 Å². The normalized spacial score (nSPS) is 9.60. The van der Waals surface area contributed by atoms with Gasteiger partial charge in [-0.3, -0.25) is 9.59 Å². The number of hydrogen-bond acceptors (Lipinski definition) is 4. The van der Waals surface area contributed by atoms with Gasteiger partial charge in [-0.25, -0.2) is 0 Å². The van der Waals surface area contributed by atoms with Crippen LogP contribution in [0, 0.1) is 0 Å². The van der Waals surface area contributed by atoms with Gasteiger partial charge in [-0.15, -0.1) is 0 Å². The van der Waals surface area contributed by atoms with Crippen molar-refractivity contribution in [2.75, 3.05) is 0 Å². The molecular formula is C14H11N3O3. The Kier molecular flexibility index (Phi) is 4.18. The Morgan fingerprint density at radius 2 is 1.80 bits per heavy atom.